The number of hydrogen-bond donors (Lipinski definition) is 2. The molecule has 0 aromatic carbocycles. The van der Waals surface area contributed by atoms with Gasteiger partial charge in [-0.25, -0.2) is 0 Å². The van der Waals surface area contributed by atoms with E-state index < -0.39 is 0 Å². The molecule has 3 fully saturated rings. The number of piperidine rings is 2. The average molecular weight is 394 g/mol. The lowest BCUT2D eigenvalue weighted by molar-refractivity contribution is 0.118. The molecule has 0 unspecified atom stereocenters. The summed E-state index contributed by atoms with van der Waals surface area (Å²) in [5.74, 6) is 1.75. The van der Waals surface area contributed by atoms with Crippen LogP contribution in [0.4, 0.5) is 0 Å². The third-order valence-electron chi connectivity index (χ3n) is 7.06. The number of hydrogen-bond acceptors (Lipinski definition) is 4. The first-order valence-corrected chi connectivity index (χ1v) is 11.7. The molecule has 28 heavy (non-hydrogen) atoms. The number of likely N-dealkylation sites (tertiary alicyclic amines) is 2. The van der Waals surface area contributed by atoms with Crippen molar-refractivity contribution >= 4 is 5.96 Å². The van der Waals surface area contributed by atoms with Crippen molar-refractivity contribution in [3.05, 3.63) is 0 Å². The number of ether oxygens (including phenoxy) is 1. The lowest BCUT2D eigenvalue weighted by Gasteiger charge is -2.39. The fourth-order valence-electron chi connectivity index (χ4n) is 5.12. The van der Waals surface area contributed by atoms with Crippen LogP contribution in [0.25, 0.3) is 0 Å². The van der Waals surface area contributed by atoms with Crippen molar-refractivity contribution < 1.29 is 4.74 Å². The third kappa shape index (κ3) is 6.89. The summed E-state index contributed by atoms with van der Waals surface area (Å²) in [6, 6.07) is 1.43. The average Bonchev–Trinajstić information content (AvgIpc) is 2.77. The van der Waals surface area contributed by atoms with Crippen LogP contribution in [0.3, 0.4) is 0 Å². The molecule has 2 saturated heterocycles. The number of guanidine groups is 1. The van der Waals surface area contributed by atoms with E-state index in [-0.39, 0.29) is 0 Å². The Hall–Kier alpha value is -0.850. The van der Waals surface area contributed by atoms with Gasteiger partial charge in [0.2, 0.25) is 0 Å². The molecule has 0 spiro atoms. The normalized spacial score (nSPS) is 25.1. The van der Waals surface area contributed by atoms with Gasteiger partial charge in [0.05, 0.1) is 6.61 Å². The number of methoxy groups -OCH3 is 1. The largest absolute Gasteiger partial charge is 0.383 e. The molecule has 3 aliphatic rings. The number of nitrogens with one attached hydrogen (secondary N) is 2. The molecule has 6 nitrogen and oxygen atoms in total. The van der Waals surface area contributed by atoms with Crippen molar-refractivity contribution in [2.75, 3.05) is 60.0 Å². The molecule has 2 heterocycles. The molecule has 0 amide bonds. The molecule has 6 heteroatoms. The van der Waals surface area contributed by atoms with E-state index in [1.54, 1.807) is 7.11 Å². The Labute approximate surface area is 172 Å². The van der Waals surface area contributed by atoms with Crippen molar-refractivity contribution in [1.29, 1.82) is 0 Å². The zero-order valence-corrected chi connectivity index (χ0v) is 18.3. The van der Waals surface area contributed by atoms with E-state index in [1.165, 1.54) is 84.0 Å². The van der Waals surface area contributed by atoms with Crippen LogP contribution in [0.1, 0.15) is 57.8 Å². The summed E-state index contributed by atoms with van der Waals surface area (Å²) in [7, 11) is 3.69. The number of nitrogens with zero attached hydrogens (tertiary/aromatic N) is 3. The predicted molar refractivity (Wildman–Crippen MR) is 117 cm³/mol. The van der Waals surface area contributed by atoms with E-state index in [9.17, 15) is 0 Å². The summed E-state index contributed by atoms with van der Waals surface area (Å²) in [5, 5.41) is 7.29. The Bertz CT molecular complexity index is 450. The zero-order valence-electron chi connectivity index (χ0n) is 18.3. The van der Waals surface area contributed by atoms with E-state index in [1.807, 2.05) is 7.05 Å². The van der Waals surface area contributed by atoms with Crippen LogP contribution in [0.5, 0.6) is 0 Å². The van der Waals surface area contributed by atoms with Crippen LogP contribution in [-0.4, -0.2) is 87.9 Å². The van der Waals surface area contributed by atoms with E-state index in [4.69, 9.17) is 4.74 Å². The minimum Gasteiger partial charge on any atom is -0.383 e. The first kappa shape index (κ1) is 21.8. The quantitative estimate of drug-likeness (QED) is 0.513. The molecule has 0 atom stereocenters. The summed E-state index contributed by atoms with van der Waals surface area (Å²) in [4.78, 5) is 9.76. The van der Waals surface area contributed by atoms with Gasteiger partial charge in [-0.15, -0.1) is 0 Å². The van der Waals surface area contributed by atoms with Crippen LogP contribution in [0.15, 0.2) is 4.99 Å². The maximum atomic E-state index is 5.20. The van der Waals surface area contributed by atoms with E-state index >= 15 is 0 Å². The molecule has 3 rings (SSSR count). The summed E-state index contributed by atoms with van der Waals surface area (Å²) in [6.45, 7) is 7.85. The van der Waals surface area contributed by atoms with Crippen LogP contribution < -0.4 is 10.6 Å². The van der Waals surface area contributed by atoms with Crippen molar-refractivity contribution in [2.45, 2.75) is 69.9 Å². The maximum Gasteiger partial charge on any atom is 0.191 e. The topological polar surface area (TPSA) is 52.1 Å². The van der Waals surface area contributed by atoms with Gasteiger partial charge in [-0.2, -0.15) is 0 Å². The second kappa shape index (κ2) is 12.0. The molecule has 0 bridgehead atoms. The van der Waals surface area contributed by atoms with Crippen LogP contribution in [0.2, 0.25) is 0 Å². The van der Waals surface area contributed by atoms with Crippen LogP contribution in [0, 0.1) is 5.92 Å². The van der Waals surface area contributed by atoms with Crippen LogP contribution >= 0.6 is 0 Å². The van der Waals surface area contributed by atoms with Gasteiger partial charge >= 0.3 is 0 Å². The Kier molecular flexibility index (Phi) is 9.35. The Balaban J connectivity index is 1.31. The van der Waals surface area contributed by atoms with E-state index in [0.717, 1.165) is 37.6 Å². The third-order valence-corrected chi connectivity index (χ3v) is 7.06. The van der Waals surface area contributed by atoms with Gasteiger partial charge in [-0.1, -0.05) is 19.3 Å². The standard InChI is InChI=1S/C22H43N5O/c1-23-22(24-18-19-8-12-26(13-9-19)16-17-28-2)25-20-10-14-27(15-11-20)21-6-4-3-5-7-21/h19-21H,3-18H2,1-2H3,(H2,23,24,25). The highest BCUT2D eigenvalue weighted by atomic mass is 16.5. The van der Waals surface area contributed by atoms with Crippen molar-refractivity contribution in [2.24, 2.45) is 10.9 Å². The van der Waals surface area contributed by atoms with E-state index in [0.29, 0.717) is 6.04 Å². The minimum absolute atomic E-state index is 0.571. The molecular weight excluding hydrogens is 350 g/mol. The highest BCUT2D eigenvalue weighted by Gasteiger charge is 2.26. The summed E-state index contributed by atoms with van der Waals surface area (Å²) < 4.78 is 5.20. The van der Waals surface area contributed by atoms with Gasteiger partial charge in [0.1, 0.15) is 0 Å². The molecule has 1 saturated carbocycles. The minimum atomic E-state index is 0.571. The van der Waals surface area contributed by atoms with Gasteiger partial charge < -0.3 is 25.2 Å². The van der Waals surface area contributed by atoms with Crippen LogP contribution in [-0.2, 0) is 4.74 Å². The fraction of sp³-hybridized carbons (Fsp3) is 0.955. The SMILES string of the molecule is CN=C(NCC1CCN(CCOC)CC1)NC1CCN(C2CCCCC2)CC1. The van der Waals surface area contributed by atoms with Gasteiger partial charge in [-0.3, -0.25) is 4.99 Å². The fourth-order valence-corrected chi connectivity index (χ4v) is 5.12. The summed E-state index contributed by atoms with van der Waals surface area (Å²) in [6.07, 6.45) is 12.2. The number of rotatable bonds is 7. The maximum absolute atomic E-state index is 5.20. The Morgan fingerprint density at radius 1 is 0.964 bits per heavy atom. The molecule has 2 aliphatic heterocycles. The van der Waals surface area contributed by atoms with Gasteiger partial charge in [0, 0.05) is 52.4 Å². The second-order valence-corrected chi connectivity index (χ2v) is 8.98. The van der Waals surface area contributed by atoms with Gasteiger partial charge in [0.15, 0.2) is 5.96 Å². The second-order valence-electron chi connectivity index (χ2n) is 8.98. The molecule has 162 valence electrons. The zero-order chi connectivity index (χ0) is 19.6. The summed E-state index contributed by atoms with van der Waals surface area (Å²) in [5.41, 5.74) is 0. The number of aliphatic imine (C=N–C) groups is 1. The lowest BCUT2D eigenvalue weighted by atomic mass is 9.92. The predicted octanol–water partition coefficient (Wildman–Crippen LogP) is 2.31. The molecule has 0 aromatic heterocycles. The van der Waals surface area contributed by atoms with Crippen molar-refractivity contribution in [3.63, 3.8) is 0 Å². The highest BCUT2D eigenvalue weighted by Crippen LogP contribution is 2.25. The first-order chi connectivity index (χ1) is 13.8. The Morgan fingerprint density at radius 3 is 2.32 bits per heavy atom. The molecule has 0 aromatic rings. The van der Waals surface area contributed by atoms with Crippen molar-refractivity contribution in [1.82, 2.24) is 20.4 Å². The molecular formula is C22H43N5O. The lowest BCUT2D eigenvalue weighted by Crippen LogP contribution is -2.51. The van der Waals surface area contributed by atoms with Gasteiger partial charge in [0.25, 0.3) is 0 Å². The van der Waals surface area contributed by atoms with Gasteiger partial charge in [-0.05, 0) is 57.5 Å². The smallest absolute Gasteiger partial charge is 0.191 e. The monoisotopic (exact) mass is 393 g/mol. The molecule has 0 radical (unpaired) electrons. The molecule has 1 aliphatic carbocycles. The highest BCUT2D eigenvalue weighted by molar-refractivity contribution is 5.79. The van der Waals surface area contributed by atoms with Crippen molar-refractivity contribution in [3.8, 4) is 0 Å². The summed E-state index contributed by atoms with van der Waals surface area (Å²) >= 11 is 0. The van der Waals surface area contributed by atoms with E-state index in [2.05, 4.69) is 25.4 Å². The Morgan fingerprint density at radius 2 is 1.68 bits per heavy atom. The molecule has 2 N–H and O–H groups in total. The first-order valence-electron chi connectivity index (χ1n) is 11.7.